The van der Waals surface area contributed by atoms with Gasteiger partial charge in [-0.3, -0.25) is 14.5 Å². The summed E-state index contributed by atoms with van der Waals surface area (Å²) >= 11 is 0. The monoisotopic (exact) mass is 498 g/mol. The zero-order chi connectivity index (χ0) is 25.8. The number of aliphatic hydroxyl groups excluding tert-OH is 1. The standard InChI is InChI=1S/C26H30N2O8/c1-33-17-5-6-18(19(29)15-17)24(30)22-23(16-4-7-20(34-2)21(14-16)35-3)28(26(32)25(22)31)9-8-27-10-12-36-13-11-27/h4-7,14-15,23,29-30H,8-13H2,1-3H3/t23-/m1/s1. The first-order valence-electron chi connectivity index (χ1n) is 11.6. The third-order valence-corrected chi connectivity index (χ3v) is 6.48. The summed E-state index contributed by atoms with van der Waals surface area (Å²) in [5.74, 6) is -1.02. The fourth-order valence-corrected chi connectivity index (χ4v) is 4.54. The maximum atomic E-state index is 13.3. The number of ether oxygens (including phenoxy) is 4. The van der Waals surface area contributed by atoms with Crippen LogP contribution in [0.25, 0.3) is 5.76 Å². The van der Waals surface area contributed by atoms with Gasteiger partial charge in [-0.05, 0) is 29.8 Å². The second-order valence-electron chi connectivity index (χ2n) is 8.44. The van der Waals surface area contributed by atoms with Gasteiger partial charge in [-0.25, -0.2) is 0 Å². The predicted molar refractivity (Wildman–Crippen MR) is 130 cm³/mol. The Balaban J connectivity index is 1.80. The Morgan fingerprint density at radius 2 is 1.69 bits per heavy atom. The molecule has 192 valence electrons. The van der Waals surface area contributed by atoms with Crippen molar-refractivity contribution in [3.05, 3.63) is 53.1 Å². The van der Waals surface area contributed by atoms with Crippen LogP contribution in [0, 0.1) is 0 Å². The number of phenolic OH excluding ortho intramolecular Hbond substituents is 1. The summed E-state index contributed by atoms with van der Waals surface area (Å²) in [6.07, 6.45) is 0. The molecule has 10 nitrogen and oxygen atoms in total. The van der Waals surface area contributed by atoms with Crippen LogP contribution in [-0.2, 0) is 14.3 Å². The Morgan fingerprint density at radius 3 is 2.33 bits per heavy atom. The maximum absolute atomic E-state index is 13.3. The lowest BCUT2D eigenvalue weighted by molar-refractivity contribution is -0.140. The first-order chi connectivity index (χ1) is 17.4. The Morgan fingerprint density at radius 1 is 0.972 bits per heavy atom. The molecule has 0 aliphatic carbocycles. The molecule has 0 saturated carbocycles. The third kappa shape index (κ3) is 4.82. The summed E-state index contributed by atoms with van der Waals surface area (Å²) in [5.41, 5.74) is 0.463. The third-order valence-electron chi connectivity index (χ3n) is 6.48. The molecule has 2 aliphatic heterocycles. The van der Waals surface area contributed by atoms with Gasteiger partial charge in [0.25, 0.3) is 11.7 Å². The minimum atomic E-state index is -0.896. The quantitative estimate of drug-likeness (QED) is 0.321. The molecular weight excluding hydrogens is 468 g/mol. The van der Waals surface area contributed by atoms with Crippen molar-refractivity contribution in [1.29, 1.82) is 0 Å². The average molecular weight is 499 g/mol. The number of aromatic hydroxyl groups is 1. The predicted octanol–water partition coefficient (Wildman–Crippen LogP) is 2.17. The maximum Gasteiger partial charge on any atom is 0.295 e. The highest BCUT2D eigenvalue weighted by molar-refractivity contribution is 6.46. The molecule has 0 aromatic heterocycles. The number of benzene rings is 2. The summed E-state index contributed by atoms with van der Waals surface area (Å²) < 4.78 is 21.3. The smallest absolute Gasteiger partial charge is 0.295 e. The average Bonchev–Trinajstić information content (AvgIpc) is 3.16. The minimum Gasteiger partial charge on any atom is -0.507 e. The van der Waals surface area contributed by atoms with Gasteiger partial charge in [-0.1, -0.05) is 6.07 Å². The van der Waals surface area contributed by atoms with Crippen LogP contribution < -0.4 is 14.2 Å². The van der Waals surface area contributed by atoms with Crippen molar-refractivity contribution in [3.8, 4) is 23.0 Å². The Hall–Kier alpha value is -3.76. The summed E-state index contributed by atoms with van der Waals surface area (Å²) in [7, 11) is 4.45. The number of rotatable bonds is 8. The van der Waals surface area contributed by atoms with Crippen molar-refractivity contribution in [2.45, 2.75) is 6.04 Å². The van der Waals surface area contributed by atoms with Gasteiger partial charge in [0.05, 0.1) is 51.7 Å². The summed E-state index contributed by atoms with van der Waals surface area (Å²) in [4.78, 5) is 30.1. The van der Waals surface area contributed by atoms with Gasteiger partial charge < -0.3 is 34.1 Å². The lowest BCUT2D eigenvalue weighted by Gasteiger charge is -2.31. The van der Waals surface area contributed by atoms with Crippen molar-refractivity contribution in [2.24, 2.45) is 0 Å². The normalized spacial score (nSPS) is 20.0. The molecule has 1 amide bonds. The van der Waals surface area contributed by atoms with Crippen molar-refractivity contribution in [1.82, 2.24) is 9.80 Å². The van der Waals surface area contributed by atoms with E-state index in [0.29, 0.717) is 42.6 Å². The molecule has 0 unspecified atom stereocenters. The van der Waals surface area contributed by atoms with Gasteiger partial charge in [0.15, 0.2) is 11.5 Å². The summed E-state index contributed by atoms with van der Waals surface area (Å²) in [6.45, 7) is 3.46. The van der Waals surface area contributed by atoms with E-state index in [2.05, 4.69) is 4.90 Å². The molecule has 2 aromatic rings. The molecule has 2 aliphatic rings. The summed E-state index contributed by atoms with van der Waals surface area (Å²) in [6, 6.07) is 8.51. The van der Waals surface area contributed by atoms with Crippen LogP contribution in [0.4, 0.5) is 0 Å². The molecule has 2 N–H and O–H groups in total. The second-order valence-corrected chi connectivity index (χ2v) is 8.44. The molecule has 10 heteroatoms. The Bertz CT molecular complexity index is 1170. The number of likely N-dealkylation sites (tertiary alicyclic amines) is 1. The molecule has 1 atom stereocenters. The van der Waals surface area contributed by atoms with E-state index in [0.717, 1.165) is 13.1 Å². The van der Waals surface area contributed by atoms with E-state index in [-0.39, 0.29) is 23.4 Å². The fraction of sp³-hybridized carbons (Fsp3) is 0.385. The number of ketones is 1. The number of aliphatic hydroxyl groups is 1. The van der Waals surface area contributed by atoms with Crippen molar-refractivity contribution in [3.63, 3.8) is 0 Å². The molecule has 4 rings (SSSR count). The van der Waals surface area contributed by atoms with E-state index in [9.17, 15) is 19.8 Å². The molecule has 0 bridgehead atoms. The highest BCUT2D eigenvalue weighted by atomic mass is 16.5. The molecule has 0 spiro atoms. The van der Waals surface area contributed by atoms with Crippen LogP contribution in [0.1, 0.15) is 17.2 Å². The minimum absolute atomic E-state index is 0.0208. The number of hydrogen-bond acceptors (Lipinski definition) is 9. The van der Waals surface area contributed by atoms with E-state index in [1.807, 2.05) is 0 Å². The van der Waals surface area contributed by atoms with Gasteiger partial charge in [0.1, 0.15) is 17.3 Å². The second kappa shape index (κ2) is 10.9. The van der Waals surface area contributed by atoms with Gasteiger partial charge in [0.2, 0.25) is 0 Å². The van der Waals surface area contributed by atoms with E-state index < -0.39 is 23.5 Å². The van der Waals surface area contributed by atoms with Crippen LogP contribution in [0.2, 0.25) is 0 Å². The zero-order valence-electron chi connectivity index (χ0n) is 20.5. The molecule has 36 heavy (non-hydrogen) atoms. The van der Waals surface area contributed by atoms with E-state index >= 15 is 0 Å². The molecule has 2 aromatic carbocycles. The van der Waals surface area contributed by atoms with E-state index in [1.54, 1.807) is 24.3 Å². The number of amides is 1. The van der Waals surface area contributed by atoms with E-state index in [4.69, 9.17) is 18.9 Å². The number of carbonyl (C=O) groups is 2. The van der Waals surface area contributed by atoms with Gasteiger partial charge in [-0.2, -0.15) is 0 Å². The summed E-state index contributed by atoms with van der Waals surface area (Å²) in [5, 5.41) is 21.8. The van der Waals surface area contributed by atoms with E-state index in [1.165, 1.54) is 38.4 Å². The van der Waals surface area contributed by atoms with Crippen LogP contribution in [0.3, 0.4) is 0 Å². The first-order valence-corrected chi connectivity index (χ1v) is 11.6. The number of nitrogens with zero attached hydrogens (tertiary/aromatic N) is 2. The molecule has 0 radical (unpaired) electrons. The number of methoxy groups -OCH3 is 3. The van der Waals surface area contributed by atoms with Gasteiger partial charge >= 0.3 is 0 Å². The highest BCUT2D eigenvalue weighted by Gasteiger charge is 2.46. The highest BCUT2D eigenvalue weighted by Crippen LogP contribution is 2.43. The number of hydrogen-bond donors (Lipinski definition) is 2. The van der Waals surface area contributed by atoms with Crippen LogP contribution >= 0.6 is 0 Å². The van der Waals surface area contributed by atoms with Gasteiger partial charge in [0, 0.05) is 32.2 Å². The zero-order valence-corrected chi connectivity index (χ0v) is 20.5. The number of Topliss-reactive ketones (excluding diaryl/α,β-unsaturated/α-hetero) is 1. The van der Waals surface area contributed by atoms with Crippen LogP contribution in [0.5, 0.6) is 23.0 Å². The Kier molecular flexibility index (Phi) is 7.66. The largest absolute Gasteiger partial charge is 0.507 e. The topological polar surface area (TPSA) is 118 Å². The molecular formula is C26H30N2O8. The Labute approximate surface area is 209 Å². The fourth-order valence-electron chi connectivity index (χ4n) is 4.54. The molecule has 2 heterocycles. The van der Waals surface area contributed by atoms with Crippen LogP contribution in [0.15, 0.2) is 42.0 Å². The SMILES string of the molecule is COc1ccc(C(O)=C2C(=O)C(=O)N(CCN3CCOCC3)[C@@H]2c2ccc(OC)c(OC)c2)c(O)c1. The van der Waals surface area contributed by atoms with Gasteiger partial charge in [-0.15, -0.1) is 0 Å². The van der Waals surface area contributed by atoms with Crippen molar-refractivity contribution >= 4 is 17.4 Å². The lowest BCUT2D eigenvalue weighted by atomic mass is 9.94. The van der Waals surface area contributed by atoms with Crippen LogP contribution in [-0.4, -0.2) is 92.4 Å². The first kappa shape index (κ1) is 25.3. The molecule has 2 fully saturated rings. The van der Waals surface area contributed by atoms with Crippen molar-refractivity contribution < 1.29 is 38.7 Å². The number of carbonyl (C=O) groups excluding carboxylic acids is 2. The van der Waals surface area contributed by atoms with Crippen molar-refractivity contribution in [2.75, 3.05) is 60.7 Å². The number of morpholine rings is 1. The number of phenols is 1. The lowest BCUT2D eigenvalue weighted by Crippen LogP contribution is -2.42. The molecule has 2 saturated heterocycles.